The molecule has 1 aliphatic rings. The summed E-state index contributed by atoms with van der Waals surface area (Å²) in [6.07, 6.45) is 6.70. The summed E-state index contributed by atoms with van der Waals surface area (Å²) in [6.45, 7) is 6.69. The van der Waals surface area contributed by atoms with Crippen molar-refractivity contribution in [1.29, 1.82) is 0 Å². The highest BCUT2D eigenvalue weighted by molar-refractivity contribution is 4.89. The summed E-state index contributed by atoms with van der Waals surface area (Å²) in [7, 11) is 0. The maximum Gasteiger partial charge on any atom is 0.0693 e. The Morgan fingerprint density at radius 1 is 1.21 bits per heavy atom. The highest BCUT2D eigenvalue weighted by Gasteiger charge is 2.29. The first-order valence-corrected chi connectivity index (χ1v) is 6.07. The zero-order chi connectivity index (χ0) is 10.6. The first kappa shape index (κ1) is 12.0. The Morgan fingerprint density at radius 2 is 1.79 bits per heavy atom. The molecule has 2 atom stereocenters. The van der Waals surface area contributed by atoms with Gasteiger partial charge in [0.1, 0.15) is 0 Å². The van der Waals surface area contributed by atoms with E-state index in [1.807, 2.05) is 0 Å². The van der Waals surface area contributed by atoms with Gasteiger partial charge in [-0.1, -0.05) is 26.7 Å². The van der Waals surface area contributed by atoms with Gasteiger partial charge < -0.3 is 10.4 Å². The number of aliphatic hydroxyl groups is 1. The highest BCUT2D eigenvalue weighted by atomic mass is 16.3. The van der Waals surface area contributed by atoms with Gasteiger partial charge in [0.15, 0.2) is 0 Å². The molecule has 2 nitrogen and oxygen atoms in total. The molecule has 0 aromatic heterocycles. The SMILES string of the molecule is CCC(C)(CC)NC1CCCCC1O. The van der Waals surface area contributed by atoms with Crippen molar-refractivity contribution in [2.75, 3.05) is 0 Å². The molecule has 1 saturated carbocycles. The van der Waals surface area contributed by atoms with Crippen LogP contribution in [-0.4, -0.2) is 22.8 Å². The van der Waals surface area contributed by atoms with Crippen molar-refractivity contribution in [2.24, 2.45) is 0 Å². The Kier molecular flexibility index (Phi) is 4.39. The van der Waals surface area contributed by atoms with Crippen LogP contribution in [0.5, 0.6) is 0 Å². The molecule has 0 aromatic rings. The Balaban J connectivity index is 2.48. The minimum atomic E-state index is -0.124. The number of rotatable bonds is 4. The lowest BCUT2D eigenvalue weighted by molar-refractivity contribution is 0.0718. The molecule has 1 aliphatic carbocycles. The van der Waals surface area contributed by atoms with Crippen molar-refractivity contribution in [1.82, 2.24) is 5.32 Å². The van der Waals surface area contributed by atoms with Crippen molar-refractivity contribution < 1.29 is 5.11 Å². The van der Waals surface area contributed by atoms with E-state index < -0.39 is 0 Å². The van der Waals surface area contributed by atoms with Crippen LogP contribution >= 0.6 is 0 Å². The van der Waals surface area contributed by atoms with Crippen LogP contribution in [0, 0.1) is 0 Å². The molecule has 2 unspecified atom stereocenters. The Morgan fingerprint density at radius 3 is 2.29 bits per heavy atom. The van der Waals surface area contributed by atoms with E-state index in [0.29, 0.717) is 6.04 Å². The van der Waals surface area contributed by atoms with Crippen LogP contribution in [0.1, 0.15) is 59.3 Å². The van der Waals surface area contributed by atoms with Crippen molar-refractivity contribution in [3.8, 4) is 0 Å². The summed E-state index contributed by atoms with van der Waals surface area (Å²) in [5, 5.41) is 13.5. The molecular formula is C12H25NO. The van der Waals surface area contributed by atoms with Crippen LogP contribution in [0.2, 0.25) is 0 Å². The smallest absolute Gasteiger partial charge is 0.0693 e. The largest absolute Gasteiger partial charge is 0.392 e. The van der Waals surface area contributed by atoms with E-state index in [1.165, 1.54) is 12.8 Å². The normalized spacial score (nSPS) is 29.1. The third-order valence-electron chi connectivity index (χ3n) is 3.82. The molecule has 0 bridgehead atoms. The molecular weight excluding hydrogens is 174 g/mol. The lowest BCUT2D eigenvalue weighted by atomic mass is 9.87. The Hall–Kier alpha value is -0.0800. The first-order chi connectivity index (χ1) is 6.61. The third-order valence-corrected chi connectivity index (χ3v) is 3.82. The number of hydrogen-bond acceptors (Lipinski definition) is 2. The molecule has 0 aliphatic heterocycles. The third kappa shape index (κ3) is 2.96. The van der Waals surface area contributed by atoms with Gasteiger partial charge in [-0.3, -0.25) is 0 Å². The van der Waals surface area contributed by atoms with Crippen LogP contribution in [0.15, 0.2) is 0 Å². The minimum Gasteiger partial charge on any atom is -0.392 e. The molecule has 0 saturated heterocycles. The van der Waals surface area contributed by atoms with Crippen LogP contribution in [0.3, 0.4) is 0 Å². The molecule has 1 fully saturated rings. The topological polar surface area (TPSA) is 32.3 Å². The maximum absolute atomic E-state index is 9.86. The standard InChI is InChI=1S/C12H25NO/c1-4-12(3,5-2)13-10-8-6-7-9-11(10)14/h10-11,13-14H,4-9H2,1-3H3. The van der Waals surface area contributed by atoms with E-state index in [4.69, 9.17) is 0 Å². The van der Waals surface area contributed by atoms with Crippen LogP contribution in [0.25, 0.3) is 0 Å². The van der Waals surface area contributed by atoms with Gasteiger partial charge in [0.2, 0.25) is 0 Å². The van der Waals surface area contributed by atoms with Crippen molar-refractivity contribution >= 4 is 0 Å². The van der Waals surface area contributed by atoms with E-state index in [0.717, 1.165) is 25.7 Å². The Bertz CT molecular complexity index is 166. The predicted octanol–water partition coefficient (Wildman–Crippen LogP) is 2.46. The van der Waals surface area contributed by atoms with E-state index in [-0.39, 0.29) is 11.6 Å². The van der Waals surface area contributed by atoms with Gasteiger partial charge in [0, 0.05) is 11.6 Å². The van der Waals surface area contributed by atoms with Crippen molar-refractivity contribution in [3.05, 3.63) is 0 Å². The Labute approximate surface area is 88.1 Å². The predicted molar refractivity (Wildman–Crippen MR) is 60.4 cm³/mol. The fraction of sp³-hybridized carbons (Fsp3) is 1.00. The lowest BCUT2D eigenvalue weighted by Gasteiger charge is -2.38. The van der Waals surface area contributed by atoms with Gasteiger partial charge >= 0.3 is 0 Å². The van der Waals surface area contributed by atoms with Crippen molar-refractivity contribution in [3.63, 3.8) is 0 Å². The van der Waals surface area contributed by atoms with Gasteiger partial charge in [0.05, 0.1) is 6.10 Å². The monoisotopic (exact) mass is 199 g/mol. The number of aliphatic hydroxyl groups excluding tert-OH is 1. The van der Waals surface area contributed by atoms with E-state index in [9.17, 15) is 5.11 Å². The fourth-order valence-electron chi connectivity index (χ4n) is 2.18. The molecule has 2 N–H and O–H groups in total. The summed E-state index contributed by atoms with van der Waals surface area (Å²) < 4.78 is 0. The molecule has 14 heavy (non-hydrogen) atoms. The second kappa shape index (κ2) is 5.13. The average molecular weight is 199 g/mol. The first-order valence-electron chi connectivity index (χ1n) is 6.07. The molecule has 0 aromatic carbocycles. The van der Waals surface area contributed by atoms with E-state index in [2.05, 4.69) is 26.1 Å². The summed E-state index contributed by atoms with van der Waals surface area (Å²) in [4.78, 5) is 0. The van der Waals surface area contributed by atoms with Gasteiger partial charge in [-0.2, -0.15) is 0 Å². The van der Waals surface area contributed by atoms with Gasteiger partial charge in [0.25, 0.3) is 0 Å². The van der Waals surface area contributed by atoms with Gasteiger partial charge in [-0.05, 0) is 32.6 Å². The fourth-order valence-corrected chi connectivity index (χ4v) is 2.18. The number of hydrogen-bond donors (Lipinski definition) is 2. The maximum atomic E-state index is 9.86. The minimum absolute atomic E-state index is 0.124. The number of nitrogens with one attached hydrogen (secondary N) is 1. The quantitative estimate of drug-likeness (QED) is 0.729. The van der Waals surface area contributed by atoms with Crippen LogP contribution in [-0.2, 0) is 0 Å². The average Bonchev–Trinajstić information content (AvgIpc) is 2.21. The molecule has 0 amide bonds. The van der Waals surface area contributed by atoms with Gasteiger partial charge in [-0.25, -0.2) is 0 Å². The summed E-state index contributed by atoms with van der Waals surface area (Å²) in [5.74, 6) is 0. The van der Waals surface area contributed by atoms with Crippen molar-refractivity contribution in [2.45, 2.75) is 77.0 Å². The molecule has 2 heteroatoms. The summed E-state index contributed by atoms with van der Waals surface area (Å²) in [5.41, 5.74) is 0.211. The molecule has 0 radical (unpaired) electrons. The summed E-state index contributed by atoms with van der Waals surface area (Å²) >= 11 is 0. The van der Waals surface area contributed by atoms with E-state index >= 15 is 0 Å². The summed E-state index contributed by atoms with van der Waals surface area (Å²) in [6, 6.07) is 0.327. The molecule has 84 valence electrons. The van der Waals surface area contributed by atoms with E-state index in [1.54, 1.807) is 0 Å². The zero-order valence-electron chi connectivity index (χ0n) is 9.84. The lowest BCUT2D eigenvalue weighted by Crippen LogP contribution is -2.53. The molecule has 0 heterocycles. The van der Waals surface area contributed by atoms with Crippen LogP contribution in [0.4, 0.5) is 0 Å². The van der Waals surface area contributed by atoms with Crippen LogP contribution < -0.4 is 5.32 Å². The molecule has 0 spiro atoms. The second-order valence-electron chi connectivity index (χ2n) is 4.87. The zero-order valence-corrected chi connectivity index (χ0v) is 9.84. The van der Waals surface area contributed by atoms with Gasteiger partial charge in [-0.15, -0.1) is 0 Å². The molecule has 1 rings (SSSR count). The second-order valence-corrected chi connectivity index (χ2v) is 4.87. The highest BCUT2D eigenvalue weighted by Crippen LogP contribution is 2.23.